The van der Waals surface area contributed by atoms with Crippen molar-refractivity contribution >= 4 is 11.6 Å². The Bertz CT molecular complexity index is 292. The average molecular weight is 215 g/mol. The Morgan fingerprint density at radius 3 is 2.53 bits per heavy atom. The van der Waals surface area contributed by atoms with Gasteiger partial charge in [-0.1, -0.05) is 13.0 Å². The van der Waals surface area contributed by atoms with E-state index in [1.807, 2.05) is 13.0 Å². The predicted molar refractivity (Wildman–Crippen MR) is 57.5 cm³/mol. The number of alkyl halides is 2. The molecule has 1 heterocycles. The zero-order valence-electron chi connectivity index (χ0n) is 8.63. The maximum absolute atomic E-state index is 11.9. The van der Waals surface area contributed by atoms with Gasteiger partial charge in [-0.2, -0.15) is 0 Å². The van der Waals surface area contributed by atoms with Crippen LogP contribution in [0, 0.1) is 0 Å². The molecule has 0 saturated carbocycles. The topological polar surface area (TPSA) is 37.0 Å². The fraction of sp³-hybridized carbons (Fsp3) is 0.500. The van der Waals surface area contributed by atoms with Crippen LogP contribution in [0.4, 0.5) is 20.4 Å². The minimum absolute atomic E-state index is 0.371. The first-order chi connectivity index (χ1) is 7.22. The van der Waals surface area contributed by atoms with E-state index < -0.39 is 6.43 Å². The van der Waals surface area contributed by atoms with Gasteiger partial charge in [0.2, 0.25) is 0 Å². The van der Waals surface area contributed by atoms with Gasteiger partial charge in [-0.05, 0) is 18.6 Å². The van der Waals surface area contributed by atoms with E-state index in [2.05, 4.69) is 15.6 Å². The second-order valence-electron chi connectivity index (χ2n) is 3.11. The van der Waals surface area contributed by atoms with Gasteiger partial charge >= 0.3 is 0 Å². The molecule has 0 spiro atoms. The van der Waals surface area contributed by atoms with Crippen LogP contribution in [-0.4, -0.2) is 24.5 Å². The minimum atomic E-state index is -2.36. The lowest BCUT2D eigenvalue weighted by Crippen LogP contribution is -2.12. The van der Waals surface area contributed by atoms with Crippen LogP contribution in [0.1, 0.15) is 13.3 Å². The molecule has 0 saturated heterocycles. The summed E-state index contributed by atoms with van der Waals surface area (Å²) in [4.78, 5) is 4.13. The highest BCUT2D eigenvalue weighted by Gasteiger charge is 2.02. The smallest absolute Gasteiger partial charge is 0.255 e. The molecule has 1 aromatic heterocycles. The monoisotopic (exact) mass is 215 g/mol. The molecule has 0 amide bonds. The van der Waals surface area contributed by atoms with Crippen LogP contribution in [0.3, 0.4) is 0 Å². The fourth-order valence-corrected chi connectivity index (χ4v) is 1.07. The Morgan fingerprint density at radius 2 is 1.93 bits per heavy atom. The molecule has 0 aliphatic carbocycles. The highest BCUT2D eigenvalue weighted by molar-refractivity contribution is 5.44. The number of halogens is 2. The van der Waals surface area contributed by atoms with Crippen molar-refractivity contribution in [3.8, 4) is 0 Å². The van der Waals surface area contributed by atoms with Gasteiger partial charge in [0, 0.05) is 6.54 Å². The minimum Gasteiger partial charge on any atom is -0.370 e. The normalized spacial score (nSPS) is 10.4. The quantitative estimate of drug-likeness (QED) is 0.765. The van der Waals surface area contributed by atoms with Crippen molar-refractivity contribution < 1.29 is 8.78 Å². The summed E-state index contributed by atoms with van der Waals surface area (Å²) in [7, 11) is 0. The molecule has 0 aliphatic rings. The Hall–Kier alpha value is -1.39. The third-order valence-electron chi connectivity index (χ3n) is 1.74. The van der Waals surface area contributed by atoms with E-state index in [1.54, 1.807) is 12.1 Å². The van der Waals surface area contributed by atoms with E-state index in [1.165, 1.54) is 0 Å². The van der Waals surface area contributed by atoms with Gasteiger partial charge in [0.05, 0.1) is 6.54 Å². The molecular formula is C10H15F2N3. The van der Waals surface area contributed by atoms with E-state index >= 15 is 0 Å². The highest BCUT2D eigenvalue weighted by Crippen LogP contribution is 2.09. The first-order valence-corrected chi connectivity index (χ1v) is 4.95. The first-order valence-electron chi connectivity index (χ1n) is 4.95. The third-order valence-corrected chi connectivity index (χ3v) is 1.74. The molecule has 1 aromatic rings. The number of nitrogens with one attached hydrogen (secondary N) is 2. The second-order valence-corrected chi connectivity index (χ2v) is 3.11. The number of nitrogens with zero attached hydrogens (tertiary/aromatic N) is 1. The molecule has 0 bridgehead atoms. The Kier molecular flexibility index (Phi) is 4.80. The lowest BCUT2D eigenvalue weighted by Gasteiger charge is -2.07. The van der Waals surface area contributed by atoms with Gasteiger partial charge in [-0.3, -0.25) is 0 Å². The van der Waals surface area contributed by atoms with Gasteiger partial charge in [0.1, 0.15) is 11.6 Å². The van der Waals surface area contributed by atoms with Crippen LogP contribution in [0.2, 0.25) is 0 Å². The lowest BCUT2D eigenvalue weighted by atomic mass is 10.4. The number of rotatable bonds is 6. The molecule has 0 aliphatic heterocycles. The van der Waals surface area contributed by atoms with E-state index in [-0.39, 0.29) is 6.54 Å². The largest absolute Gasteiger partial charge is 0.370 e. The molecule has 0 aromatic carbocycles. The number of aromatic nitrogens is 1. The van der Waals surface area contributed by atoms with Crippen LogP contribution in [-0.2, 0) is 0 Å². The molecule has 2 N–H and O–H groups in total. The van der Waals surface area contributed by atoms with Crippen LogP contribution in [0.15, 0.2) is 18.2 Å². The molecule has 0 radical (unpaired) electrons. The van der Waals surface area contributed by atoms with Crippen molar-refractivity contribution in [3.05, 3.63) is 18.2 Å². The van der Waals surface area contributed by atoms with Crippen LogP contribution < -0.4 is 10.6 Å². The fourth-order valence-electron chi connectivity index (χ4n) is 1.07. The van der Waals surface area contributed by atoms with Crippen molar-refractivity contribution in [2.45, 2.75) is 19.8 Å². The molecule has 1 rings (SSSR count). The van der Waals surface area contributed by atoms with Crippen molar-refractivity contribution in [1.29, 1.82) is 0 Å². The van der Waals surface area contributed by atoms with Crippen molar-refractivity contribution in [3.63, 3.8) is 0 Å². The molecular weight excluding hydrogens is 200 g/mol. The summed E-state index contributed by atoms with van der Waals surface area (Å²) in [6.07, 6.45) is -1.37. The third kappa shape index (κ3) is 4.58. The van der Waals surface area contributed by atoms with Crippen molar-refractivity contribution in [2.24, 2.45) is 0 Å². The Balaban J connectivity index is 2.50. The molecule has 0 atom stereocenters. The summed E-state index contributed by atoms with van der Waals surface area (Å²) in [6.45, 7) is 2.50. The zero-order chi connectivity index (χ0) is 11.1. The van der Waals surface area contributed by atoms with E-state index in [4.69, 9.17) is 0 Å². The maximum Gasteiger partial charge on any atom is 0.255 e. The van der Waals surface area contributed by atoms with Crippen molar-refractivity contribution in [2.75, 3.05) is 23.7 Å². The Labute approximate surface area is 87.9 Å². The molecule has 0 unspecified atom stereocenters. The molecule has 5 heteroatoms. The van der Waals surface area contributed by atoms with Gasteiger partial charge in [-0.25, -0.2) is 13.8 Å². The SMILES string of the molecule is CCCNc1cccc(NCC(F)F)n1. The Morgan fingerprint density at radius 1 is 1.27 bits per heavy atom. The highest BCUT2D eigenvalue weighted by atomic mass is 19.3. The van der Waals surface area contributed by atoms with E-state index in [0.29, 0.717) is 11.6 Å². The lowest BCUT2D eigenvalue weighted by molar-refractivity contribution is 0.163. The molecule has 3 nitrogen and oxygen atoms in total. The maximum atomic E-state index is 11.9. The van der Waals surface area contributed by atoms with Crippen LogP contribution >= 0.6 is 0 Å². The van der Waals surface area contributed by atoms with Crippen LogP contribution in [0.5, 0.6) is 0 Å². The summed E-state index contributed by atoms with van der Waals surface area (Å²) >= 11 is 0. The summed E-state index contributed by atoms with van der Waals surface area (Å²) in [5.41, 5.74) is 0. The van der Waals surface area contributed by atoms with Gasteiger partial charge in [-0.15, -0.1) is 0 Å². The number of pyridine rings is 1. The first kappa shape index (κ1) is 11.7. The number of hydrogen-bond donors (Lipinski definition) is 2. The van der Waals surface area contributed by atoms with E-state index in [0.717, 1.165) is 13.0 Å². The summed E-state index contributed by atoms with van der Waals surface area (Å²) < 4.78 is 23.8. The zero-order valence-corrected chi connectivity index (χ0v) is 8.63. The second kappa shape index (κ2) is 6.16. The average Bonchev–Trinajstić information content (AvgIpc) is 2.24. The van der Waals surface area contributed by atoms with Gasteiger partial charge in [0.15, 0.2) is 0 Å². The van der Waals surface area contributed by atoms with Crippen LogP contribution in [0.25, 0.3) is 0 Å². The molecule has 15 heavy (non-hydrogen) atoms. The standard InChI is InChI=1S/C10H15F2N3/c1-2-6-13-9-4-3-5-10(15-9)14-7-8(11)12/h3-5,8H,2,6-7H2,1H3,(H2,13,14,15). The predicted octanol–water partition coefficient (Wildman–Crippen LogP) is 2.58. The van der Waals surface area contributed by atoms with E-state index in [9.17, 15) is 8.78 Å². The molecule has 84 valence electrons. The summed E-state index contributed by atoms with van der Waals surface area (Å²) in [5, 5.41) is 5.64. The van der Waals surface area contributed by atoms with Crippen molar-refractivity contribution in [1.82, 2.24) is 4.98 Å². The number of hydrogen-bond acceptors (Lipinski definition) is 3. The van der Waals surface area contributed by atoms with Gasteiger partial charge in [0.25, 0.3) is 6.43 Å². The molecule has 0 fully saturated rings. The summed E-state index contributed by atoms with van der Waals surface area (Å²) in [6, 6.07) is 5.25. The summed E-state index contributed by atoms with van der Waals surface area (Å²) in [5.74, 6) is 1.17. The van der Waals surface area contributed by atoms with Gasteiger partial charge < -0.3 is 10.6 Å². The number of anilines is 2.